The number of benzene rings is 1. The number of nitrogens with one attached hydrogen (secondary N) is 2. The smallest absolute Gasteiger partial charge is 0.232 e. The molecule has 4 nitrogen and oxygen atoms in total. The lowest BCUT2D eigenvalue weighted by atomic mass is 10.2. The highest BCUT2D eigenvalue weighted by molar-refractivity contribution is 7.92. The second-order valence-corrected chi connectivity index (χ2v) is 6.71. The molecule has 1 aromatic carbocycles. The molecule has 0 atom stereocenters. The number of hydrogen-bond acceptors (Lipinski definition) is 3. The zero-order valence-electron chi connectivity index (χ0n) is 11.4. The average molecular weight is 305 g/mol. The predicted molar refractivity (Wildman–Crippen MR) is 81.4 cm³/mol. The highest BCUT2D eigenvalue weighted by Crippen LogP contribution is 2.26. The molecule has 0 aromatic heterocycles. The van der Waals surface area contributed by atoms with Gasteiger partial charge in [-0.05, 0) is 44.5 Å². The molecule has 6 heteroatoms. The van der Waals surface area contributed by atoms with Crippen LogP contribution in [0.4, 0.5) is 5.69 Å². The third kappa shape index (κ3) is 5.80. The molecule has 2 N–H and O–H groups in total. The molecule has 0 unspecified atom stereocenters. The molecule has 0 spiro atoms. The minimum absolute atomic E-state index is 0.0916. The molecular formula is C13H21ClN2O2S. The molecule has 1 rings (SSSR count). The van der Waals surface area contributed by atoms with Crippen LogP contribution < -0.4 is 10.0 Å². The van der Waals surface area contributed by atoms with Crippen LogP contribution in [-0.4, -0.2) is 27.3 Å². The lowest BCUT2D eigenvalue weighted by molar-refractivity contribution is 0.593. The Labute approximate surface area is 120 Å². The third-order valence-electron chi connectivity index (χ3n) is 2.67. The zero-order chi connectivity index (χ0) is 14.3. The summed E-state index contributed by atoms with van der Waals surface area (Å²) in [5.74, 6) is 0.0916. The maximum atomic E-state index is 11.9. The van der Waals surface area contributed by atoms with Crippen LogP contribution >= 0.6 is 11.6 Å². The molecule has 0 bridgehead atoms. The summed E-state index contributed by atoms with van der Waals surface area (Å²) in [6.07, 6.45) is 1.63. The lowest BCUT2D eigenvalue weighted by Crippen LogP contribution is -2.22. The van der Waals surface area contributed by atoms with Gasteiger partial charge in [0.15, 0.2) is 0 Å². The van der Waals surface area contributed by atoms with Gasteiger partial charge >= 0.3 is 0 Å². The quantitative estimate of drug-likeness (QED) is 0.726. The largest absolute Gasteiger partial charge is 0.317 e. The van der Waals surface area contributed by atoms with Crippen molar-refractivity contribution in [2.75, 3.05) is 23.6 Å². The number of halogens is 1. The van der Waals surface area contributed by atoms with Gasteiger partial charge in [-0.1, -0.05) is 30.7 Å². The van der Waals surface area contributed by atoms with Crippen molar-refractivity contribution in [1.29, 1.82) is 0 Å². The van der Waals surface area contributed by atoms with E-state index in [4.69, 9.17) is 11.6 Å². The average Bonchev–Trinajstić information content (AvgIpc) is 2.34. The molecule has 0 radical (unpaired) electrons. The van der Waals surface area contributed by atoms with Crippen molar-refractivity contribution in [2.24, 2.45) is 0 Å². The van der Waals surface area contributed by atoms with Gasteiger partial charge in [0, 0.05) is 0 Å². The third-order valence-corrected chi connectivity index (χ3v) is 4.33. The Morgan fingerprint density at radius 2 is 2.00 bits per heavy atom. The standard InChI is InChI=1S/C13H21ClN2O2S/c1-3-8-15-9-5-10-19(17,18)16-13-11(2)6-4-7-12(13)14/h4,6-7,15-16H,3,5,8-10H2,1-2H3. The van der Waals surface area contributed by atoms with Gasteiger partial charge in [0.2, 0.25) is 10.0 Å². The normalized spacial score (nSPS) is 11.5. The predicted octanol–water partition coefficient (Wildman–Crippen LogP) is 2.78. The number of aryl methyl sites for hydroxylation is 1. The molecule has 0 fully saturated rings. The van der Waals surface area contributed by atoms with Gasteiger partial charge in [-0.3, -0.25) is 4.72 Å². The number of sulfonamides is 1. The second-order valence-electron chi connectivity index (χ2n) is 4.46. The van der Waals surface area contributed by atoms with E-state index in [2.05, 4.69) is 17.0 Å². The van der Waals surface area contributed by atoms with Crippen molar-refractivity contribution < 1.29 is 8.42 Å². The number of rotatable bonds is 8. The summed E-state index contributed by atoms with van der Waals surface area (Å²) in [5, 5.41) is 3.60. The fraction of sp³-hybridized carbons (Fsp3) is 0.538. The Bertz CT molecular complexity index is 483. The van der Waals surface area contributed by atoms with Crippen LogP contribution in [0.5, 0.6) is 0 Å². The van der Waals surface area contributed by atoms with Crippen molar-refractivity contribution in [3.8, 4) is 0 Å². The fourth-order valence-electron chi connectivity index (χ4n) is 1.66. The second kappa shape index (κ2) is 7.72. The topological polar surface area (TPSA) is 58.2 Å². The van der Waals surface area contributed by atoms with Gasteiger partial charge in [-0.25, -0.2) is 8.42 Å². The van der Waals surface area contributed by atoms with Crippen LogP contribution in [0.25, 0.3) is 0 Å². The van der Waals surface area contributed by atoms with E-state index >= 15 is 0 Å². The monoisotopic (exact) mass is 304 g/mol. The molecular weight excluding hydrogens is 284 g/mol. The highest BCUT2D eigenvalue weighted by atomic mass is 35.5. The summed E-state index contributed by atoms with van der Waals surface area (Å²) >= 11 is 6.00. The van der Waals surface area contributed by atoms with Crippen LogP contribution in [0.2, 0.25) is 5.02 Å². The van der Waals surface area contributed by atoms with Crippen molar-refractivity contribution in [3.05, 3.63) is 28.8 Å². The summed E-state index contributed by atoms with van der Waals surface area (Å²) < 4.78 is 26.4. The number of para-hydroxylation sites is 1. The number of anilines is 1. The summed E-state index contributed by atoms with van der Waals surface area (Å²) in [4.78, 5) is 0. The molecule has 19 heavy (non-hydrogen) atoms. The van der Waals surface area contributed by atoms with Gasteiger partial charge in [-0.2, -0.15) is 0 Å². The van der Waals surface area contributed by atoms with Crippen molar-refractivity contribution in [2.45, 2.75) is 26.7 Å². The van der Waals surface area contributed by atoms with Gasteiger partial charge in [-0.15, -0.1) is 0 Å². The Kier molecular flexibility index (Phi) is 6.62. The summed E-state index contributed by atoms with van der Waals surface area (Å²) in [6.45, 7) is 5.52. The first-order valence-corrected chi connectivity index (χ1v) is 8.45. The minimum atomic E-state index is -3.34. The first-order chi connectivity index (χ1) is 8.96. The summed E-state index contributed by atoms with van der Waals surface area (Å²) in [6, 6.07) is 5.30. The van der Waals surface area contributed by atoms with Crippen LogP contribution in [0, 0.1) is 6.92 Å². The van der Waals surface area contributed by atoms with Gasteiger partial charge in [0.05, 0.1) is 16.5 Å². The zero-order valence-corrected chi connectivity index (χ0v) is 12.9. The SMILES string of the molecule is CCCNCCCS(=O)(=O)Nc1c(C)cccc1Cl. The van der Waals surface area contributed by atoms with Crippen molar-refractivity contribution in [3.63, 3.8) is 0 Å². The minimum Gasteiger partial charge on any atom is -0.317 e. The van der Waals surface area contributed by atoms with E-state index in [0.29, 0.717) is 23.7 Å². The molecule has 0 aliphatic heterocycles. The fourth-order valence-corrected chi connectivity index (χ4v) is 3.19. The van der Waals surface area contributed by atoms with Crippen LogP contribution in [0.3, 0.4) is 0 Å². The van der Waals surface area contributed by atoms with E-state index in [1.54, 1.807) is 12.1 Å². The van der Waals surface area contributed by atoms with E-state index in [-0.39, 0.29) is 5.75 Å². The van der Waals surface area contributed by atoms with Gasteiger partial charge < -0.3 is 5.32 Å². The molecule has 108 valence electrons. The van der Waals surface area contributed by atoms with Gasteiger partial charge in [0.25, 0.3) is 0 Å². The van der Waals surface area contributed by atoms with Crippen LogP contribution in [0.15, 0.2) is 18.2 Å². The van der Waals surface area contributed by atoms with Crippen LogP contribution in [0.1, 0.15) is 25.3 Å². The summed E-state index contributed by atoms with van der Waals surface area (Å²) in [7, 11) is -3.34. The molecule has 0 aliphatic carbocycles. The lowest BCUT2D eigenvalue weighted by Gasteiger charge is -2.12. The van der Waals surface area contributed by atoms with Gasteiger partial charge in [0.1, 0.15) is 0 Å². The number of hydrogen-bond donors (Lipinski definition) is 2. The maximum absolute atomic E-state index is 11.9. The first-order valence-electron chi connectivity index (χ1n) is 6.42. The molecule has 1 aromatic rings. The summed E-state index contributed by atoms with van der Waals surface area (Å²) in [5.41, 5.74) is 1.30. The van der Waals surface area contributed by atoms with Crippen LogP contribution in [-0.2, 0) is 10.0 Å². The van der Waals surface area contributed by atoms with E-state index in [0.717, 1.165) is 18.5 Å². The Balaban J connectivity index is 2.55. The highest BCUT2D eigenvalue weighted by Gasteiger charge is 2.13. The Morgan fingerprint density at radius 3 is 2.63 bits per heavy atom. The first kappa shape index (κ1) is 16.3. The maximum Gasteiger partial charge on any atom is 0.232 e. The molecule has 0 amide bonds. The molecule has 0 heterocycles. The Morgan fingerprint density at radius 1 is 1.26 bits per heavy atom. The molecule has 0 saturated carbocycles. The van der Waals surface area contributed by atoms with Crippen molar-refractivity contribution in [1.82, 2.24) is 5.32 Å². The molecule has 0 saturated heterocycles. The van der Waals surface area contributed by atoms with E-state index in [1.165, 1.54) is 0 Å². The van der Waals surface area contributed by atoms with Crippen molar-refractivity contribution >= 4 is 27.3 Å². The Hall–Kier alpha value is -0.780. The van der Waals surface area contributed by atoms with E-state index < -0.39 is 10.0 Å². The van der Waals surface area contributed by atoms with E-state index in [9.17, 15) is 8.42 Å². The molecule has 0 aliphatic rings. The van der Waals surface area contributed by atoms with E-state index in [1.807, 2.05) is 13.0 Å².